The van der Waals surface area contributed by atoms with Gasteiger partial charge in [0.25, 0.3) is 0 Å². The van der Waals surface area contributed by atoms with E-state index in [0.29, 0.717) is 42.2 Å². The minimum atomic E-state index is -0.397. The molecule has 1 aromatic heterocycles. The first-order valence-corrected chi connectivity index (χ1v) is 10.4. The zero-order valence-electron chi connectivity index (χ0n) is 17.7. The van der Waals surface area contributed by atoms with Crippen LogP contribution in [0.1, 0.15) is 18.9 Å². The van der Waals surface area contributed by atoms with Crippen molar-refractivity contribution in [3.8, 4) is 23.1 Å². The van der Waals surface area contributed by atoms with Crippen molar-refractivity contribution in [2.45, 2.75) is 19.8 Å². The molecule has 7 heteroatoms. The Morgan fingerprint density at radius 3 is 2.44 bits per heavy atom. The summed E-state index contributed by atoms with van der Waals surface area (Å²) in [5.74, 6) is -0.120. The maximum atomic E-state index is 14.4. The van der Waals surface area contributed by atoms with E-state index in [1.54, 1.807) is 42.5 Å². The molecular weight excluding hydrogens is 407 g/mol. The monoisotopic (exact) mass is 430 g/mol. The summed E-state index contributed by atoms with van der Waals surface area (Å²) in [5, 5.41) is 7.27. The van der Waals surface area contributed by atoms with Crippen LogP contribution in [0.2, 0.25) is 0 Å². The second-order valence-electron chi connectivity index (χ2n) is 7.12. The number of hydrogen-bond donors (Lipinski definition) is 1. The highest BCUT2D eigenvalue weighted by atomic mass is 19.1. The molecule has 0 aliphatic rings. The van der Waals surface area contributed by atoms with Crippen molar-refractivity contribution in [3.05, 3.63) is 90.2 Å². The van der Waals surface area contributed by atoms with Crippen LogP contribution in [0.4, 0.5) is 10.1 Å². The molecule has 162 valence electrons. The van der Waals surface area contributed by atoms with E-state index in [2.05, 4.69) is 15.4 Å². The van der Waals surface area contributed by atoms with Gasteiger partial charge in [0, 0.05) is 12.1 Å². The van der Waals surface area contributed by atoms with Gasteiger partial charge < -0.3 is 10.1 Å². The summed E-state index contributed by atoms with van der Waals surface area (Å²) >= 11 is 0. The number of carbonyl (C=O) groups is 1. The number of anilines is 1. The summed E-state index contributed by atoms with van der Waals surface area (Å²) in [7, 11) is 0. The van der Waals surface area contributed by atoms with Gasteiger partial charge >= 0.3 is 6.01 Å². The Morgan fingerprint density at radius 1 is 1.00 bits per heavy atom. The average molecular weight is 430 g/mol. The topological polar surface area (TPSA) is 69.0 Å². The standard InChI is InChI=1S/C25H23FN4O2/c1-2-32-25-28-24(21-10-6-7-11-22(21)26)30(29-25)20-15-13-19(14-16-20)27-23(31)17-12-18-8-4-3-5-9-18/h3-11,13-16H,2,12,17H2,1H3,(H,27,31). The van der Waals surface area contributed by atoms with Crippen LogP contribution in [-0.2, 0) is 11.2 Å². The van der Waals surface area contributed by atoms with Gasteiger partial charge in [-0.05, 0) is 55.3 Å². The first-order valence-electron chi connectivity index (χ1n) is 10.4. The van der Waals surface area contributed by atoms with E-state index in [9.17, 15) is 9.18 Å². The summed E-state index contributed by atoms with van der Waals surface area (Å²) in [4.78, 5) is 16.6. The number of amides is 1. The smallest absolute Gasteiger partial charge is 0.336 e. The van der Waals surface area contributed by atoms with Gasteiger partial charge in [0.05, 0.1) is 17.9 Å². The summed E-state index contributed by atoms with van der Waals surface area (Å²) in [6.07, 6.45) is 1.07. The third-order valence-electron chi connectivity index (χ3n) is 4.86. The highest BCUT2D eigenvalue weighted by Gasteiger charge is 2.17. The fraction of sp³-hybridized carbons (Fsp3) is 0.160. The van der Waals surface area contributed by atoms with Gasteiger partial charge in [-0.2, -0.15) is 4.98 Å². The molecule has 3 aromatic carbocycles. The second kappa shape index (κ2) is 9.87. The Labute approximate surface area is 185 Å². The molecule has 6 nitrogen and oxygen atoms in total. The number of aromatic nitrogens is 3. The lowest BCUT2D eigenvalue weighted by molar-refractivity contribution is -0.116. The van der Waals surface area contributed by atoms with Crippen LogP contribution < -0.4 is 10.1 Å². The lowest BCUT2D eigenvalue weighted by Crippen LogP contribution is -2.12. The van der Waals surface area contributed by atoms with Crippen molar-refractivity contribution in [3.63, 3.8) is 0 Å². The molecule has 0 saturated carbocycles. The predicted molar refractivity (Wildman–Crippen MR) is 121 cm³/mol. The number of carbonyl (C=O) groups excluding carboxylic acids is 1. The predicted octanol–water partition coefficient (Wildman–Crippen LogP) is 5.04. The molecule has 4 rings (SSSR count). The Morgan fingerprint density at radius 2 is 1.72 bits per heavy atom. The number of halogens is 1. The fourth-order valence-corrected chi connectivity index (χ4v) is 3.29. The molecular formula is C25H23FN4O2. The molecule has 0 atom stereocenters. The molecule has 0 radical (unpaired) electrons. The second-order valence-corrected chi connectivity index (χ2v) is 7.12. The number of aryl methyl sites for hydroxylation is 1. The number of benzene rings is 3. The van der Waals surface area contributed by atoms with Crippen LogP contribution in [-0.4, -0.2) is 27.3 Å². The van der Waals surface area contributed by atoms with Crippen LogP contribution in [0.15, 0.2) is 78.9 Å². The molecule has 1 N–H and O–H groups in total. The quantitative estimate of drug-likeness (QED) is 0.425. The van der Waals surface area contributed by atoms with E-state index in [0.717, 1.165) is 5.56 Å². The van der Waals surface area contributed by atoms with E-state index in [1.807, 2.05) is 37.3 Å². The van der Waals surface area contributed by atoms with Crippen molar-refractivity contribution in [2.24, 2.45) is 0 Å². The lowest BCUT2D eigenvalue weighted by atomic mass is 10.1. The molecule has 0 fully saturated rings. The largest absolute Gasteiger partial charge is 0.463 e. The highest BCUT2D eigenvalue weighted by Crippen LogP contribution is 2.26. The summed E-state index contributed by atoms with van der Waals surface area (Å²) in [6, 6.07) is 23.6. The number of hydrogen-bond acceptors (Lipinski definition) is 4. The van der Waals surface area contributed by atoms with Crippen LogP contribution >= 0.6 is 0 Å². The van der Waals surface area contributed by atoms with Gasteiger partial charge in [-0.25, -0.2) is 9.07 Å². The minimum Gasteiger partial charge on any atom is -0.463 e. The van der Waals surface area contributed by atoms with E-state index >= 15 is 0 Å². The van der Waals surface area contributed by atoms with Crippen molar-refractivity contribution >= 4 is 11.6 Å². The zero-order chi connectivity index (χ0) is 22.3. The third kappa shape index (κ3) is 5.00. The van der Waals surface area contributed by atoms with Gasteiger partial charge in [-0.3, -0.25) is 4.79 Å². The third-order valence-corrected chi connectivity index (χ3v) is 4.86. The average Bonchev–Trinajstić information content (AvgIpc) is 3.23. The fourth-order valence-electron chi connectivity index (χ4n) is 3.29. The maximum Gasteiger partial charge on any atom is 0.336 e. The van der Waals surface area contributed by atoms with E-state index in [-0.39, 0.29) is 11.9 Å². The van der Waals surface area contributed by atoms with Crippen molar-refractivity contribution in [1.82, 2.24) is 14.8 Å². The summed E-state index contributed by atoms with van der Waals surface area (Å²) in [6.45, 7) is 2.23. The lowest BCUT2D eigenvalue weighted by Gasteiger charge is -2.09. The van der Waals surface area contributed by atoms with Crippen LogP contribution in [0.3, 0.4) is 0 Å². The van der Waals surface area contributed by atoms with Gasteiger partial charge in [0.1, 0.15) is 5.82 Å². The van der Waals surface area contributed by atoms with Crippen LogP contribution in [0.25, 0.3) is 17.1 Å². The van der Waals surface area contributed by atoms with E-state index < -0.39 is 5.82 Å². The van der Waals surface area contributed by atoms with Crippen molar-refractivity contribution in [2.75, 3.05) is 11.9 Å². The summed E-state index contributed by atoms with van der Waals surface area (Å²) < 4.78 is 21.4. The van der Waals surface area contributed by atoms with Gasteiger partial charge in [0.2, 0.25) is 5.91 Å². The molecule has 4 aromatic rings. The van der Waals surface area contributed by atoms with Crippen molar-refractivity contribution in [1.29, 1.82) is 0 Å². The molecule has 0 aliphatic carbocycles. The van der Waals surface area contributed by atoms with Crippen molar-refractivity contribution < 1.29 is 13.9 Å². The highest BCUT2D eigenvalue weighted by molar-refractivity contribution is 5.90. The molecule has 0 unspecified atom stereocenters. The normalized spacial score (nSPS) is 10.7. The molecule has 32 heavy (non-hydrogen) atoms. The maximum absolute atomic E-state index is 14.4. The molecule has 0 saturated heterocycles. The first kappa shape index (κ1) is 21.2. The van der Waals surface area contributed by atoms with Gasteiger partial charge in [-0.1, -0.05) is 42.5 Å². The molecule has 0 aliphatic heterocycles. The number of rotatable bonds is 8. The Balaban J connectivity index is 1.51. The van der Waals surface area contributed by atoms with E-state index in [4.69, 9.17) is 4.74 Å². The molecule has 1 heterocycles. The molecule has 1 amide bonds. The van der Waals surface area contributed by atoms with Gasteiger partial charge in [0.15, 0.2) is 5.82 Å². The zero-order valence-corrected chi connectivity index (χ0v) is 17.7. The Hall–Kier alpha value is -4.00. The summed E-state index contributed by atoms with van der Waals surface area (Å²) in [5.41, 5.74) is 2.78. The molecule has 0 bridgehead atoms. The minimum absolute atomic E-state index is 0.0620. The number of ether oxygens (including phenoxy) is 1. The Bertz CT molecular complexity index is 1190. The number of nitrogens with one attached hydrogen (secondary N) is 1. The van der Waals surface area contributed by atoms with Crippen LogP contribution in [0.5, 0.6) is 6.01 Å². The van der Waals surface area contributed by atoms with E-state index in [1.165, 1.54) is 10.7 Å². The number of nitrogens with zero attached hydrogens (tertiary/aromatic N) is 3. The molecule has 0 spiro atoms. The first-order chi connectivity index (χ1) is 15.6. The SMILES string of the molecule is CCOc1nc(-c2ccccc2F)n(-c2ccc(NC(=O)CCc3ccccc3)cc2)n1. The Kier molecular flexibility index (Phi) is 6.55. The van der Waals surface area contributed by atoms with Gasteiger partial charge in [-0.15, -0.1) is 5.10 Å². The van der Waals surface area contributed by atoms with Crippen LogP contribution in [0, 0.1) is 5.82 Å².